The molecule has 0 spiro atoms. The smallest absolute Gasteiger partial charge is 0.0718 e. The minimum Gasteiger partial charge on any atom is -0.391 e. The van der Waals surface area contributed by atoms with Crippen molar-refractivity contribution in [1.82, 2.24) is 4.90 Å². The predicted molar refractivity (Wildman–Crippen MR) is 65.0 cm³/mol. The number of aliphatic hydroxyl groups is 1. The quantitative estimate of drug-likeness (QED) is 0.776. The Balaban J connectivity index is 2.56. The molecular formula is C13H27NO. The number of rotatable bonds is 4. The summed E-state index contributed by atoms with van der Waals surface area (Å²) in [4.78, 5) is 2.49. The lowest BCUT2D eigenvalue weighted by Crippen LogP contribution is -2.52. The number of aliphatic hydroxyl groups excluding tert-OH is 1. The second-order valence-electron chi connectivity index (χ2n) is 5.36. The summed E-state index contributed by atoms with van der Waals surface area (Å²) in [5.41, 5.74) is -0.0413. The first-order valence-electron chi connectivity index (χ1n) is 6.52. The number of likely N-dealkylation sites (tertiary alicyclic amines) is 1. The molecule has 0 radical (unpaired) electrons. The fourth-order valence-corrected chi connectivity index (χ4v) is 2.48. The van der Waals surface area contributed by atoms with E-state index in [1.54, 1.807) is 0 Å². The zero-order valence-electron chi connectivity index (χ0n) is 10.6. The first-order valence-corrected chi connectivity index (χ1v) is 6.52. The van der Waals surface area contributed by atoms with Gasteiger partial charge in [0, 0.05) is 5.54 Å². The Bertz CT molecular complexity index is 171. The molecule has 1 saturated heterocycles. The Hall–Kier alpha value is -0.0800. The highest BCUT2D eigenvalue weighted by Crippen LogP contribution is 2.25. The summed E-state index contributed by atoms with van der Waals surface area (Å²) in [6.07, 6.45) is 7.11. The van der Waals surface area contributed by atoms with Crippen molar-refractivity contribution >= 4 is 0 Å². The standard InChI is InChI=1S/C13H27NO/c1-4-9-12(15)13(2,3)14-10-7-5-6-8-11-14/h12,15H,4-11H2,1-3H3. The van der Waals surface area contributed by atoms with Gasteiger partial charge in [-0.3, -0.25) is 4.90 Å². The SMILES string of the molecule is CCCC(O)C(C)(C)N1CCCCCC1. The van der Waals surface area contributed by atoms with E-state index in [9.17, 15) is 5.11 Å². The summed E-state index contributed by atoms with van der Waals surface area (Å²) in [6, 6.07) is 0. The van der Waals surface area contributed by atoms with E-state index in [-0.39, 0.29) is 11.6 Å². The maximum atomic E-state index is 10.2. The molecule has 1 heterocycles. The minimum atomic E-state index is -0.180. The first kappa shape index (κ1) is 13.0. The highest BCUT2D eigenvalue weighted by Gasteiger charge is 2.33. The van der Waals surface area contributed by atoms with Gasteiger partial charge in [0.1, 0.15) is 0 Å². The Morgan fingerprint density at radius 2 is 1.67 bits per heavy atom. The molecule has 2 nitrogen and oxygen atoms in total. The van der Waals surface area contributed by atoms with Gasteiger partial charge < -0.3 is 5.11 Å². The van der Waals surface area contributed by atoms with E-state index in [0.29, 0.717) is 0 Å². The van der Waals surface area contributed by atoms with Gasteiger partial charge in [-0.1, -0.05) is 26.2 Å². The van der Waals surface area contributed by atoms with Crippen LogP contribution in [0.1, 0.15) is 59.3 Å². The maximum Gasteiger partial charge on any atom is 0.0718 e. The van der Waals surface area contributed by atoms with E-state index in [4.69, 9.17) is 0 Å². The molecule has 0 aromatic heterocycles. The molecule has 1 aliphatic rings. The summed E-state index contributed by atoms with van der Waals surface area (Å²) in [5, 5.41) is 10.2. The summed E-state index contributed by atoms with van der Waals surface area (Å²) in [7, 11) is 0. The van der Waals surface area contributed by atoms with Gasteiger partial charge in [0.25, 0.3) is 0 Å². The van der Waals surface area contributed by atoms with E-state index in [1.165, 1.54) is 25.7 Å². The van der Waals surface area contributed by atoms with Crippen molar-refractivity contribution in [2.24, 2.45) is 0 Å². The van der Waals surface area contributed by atoms with Gasteiger partial charge in [-0.05, 0) is 46.2 Å². The molecule has 15 heavy (non-hydrogen) atoms. The lowest BCUT2D eigenvalue weighted by molar-refractivity contribution is -0.0130. The van der Waals surface area contributed by atoms with Crippen LogP contribution in [0.25, 0.3) is 0 Å². The molecule has 1 N–H and O–H groups in total. The van der Waals surface area contributed by atoms with E-state index in [2.05, 4.69) is 25.7 Å². The van der Waals surface area contributed by atoms with E-state index in [1.807, 2.05) is 0 Å². The topological polar surface area (TPSA) is 23.5 Å². The van der Waals surface area contributed by atoms with Crippen LogP contribution in [0.15, 0.2) is 0 Å². The van der Waals surface area contributed by atoms with Crippen LogP contribution in [-0.4, -0.2) is 34.7 Å². The molecule has 1 aliphatic heterocycles. The van der Waals surface area contributed by atoms with Crippen molar-refractivity contribution in [3.05, 3.63) is 0 Å². The fraction of sp³-hybridized carbons (Fsp3) is 1.00. The molecule has 0 saturated carbocycles. The molecule has 0 aromatic rings. The van der Waals surface area contributed by atoms with Gasteiger partial charge in [-0.25, -0.2) is 0 Å². The molecule has 0 aromatic carbocycles. The van der Waals surface area contributed by atoms with Gasteiger partial charge in [-0.2, -0.15) is 0 Å². The van der Waals surface area contributed by atoms with Crippen LogP contribution < -0.4 is 0 Å². The van der Waals surface area contributed by atoms with Crippen molar-refractivity contribution in [1.29, 1.82) is 0 Å². The summed E-state index contributed by atoms with van der Waals surface area (Å²) in [5.74, 6) is 0. The molecule has 0 aliphatic carbocycles. The largest absolute Gasteiger partial charge is 0.391 e. The van der Waals surface area contributed by atoms with E-state index in [0.717, 1.165) is 25.9 Å². The molecule has 1 unspecified atom stereocenters. The summed E-state index contributed by atoms with van der Waals surface area (Å²) >= 11 is 0. The number of hydrogen-bond donors (Lipinski definition) is 1. The highest BCUT2D eigenvalue weighted by molar-refractivity contribution is 4.89. The molecule has 1 atom stereocenters. The highest BCUT2D eigenvalue weighted by atomic mass is 16.3. The first-order chi connectivity index (χ1) is 7.09. The molecule has 1 fully saturated rings. The van der Waals surface area contributed by atoms with Gasteiger partial charge in [0.05, 0.1) is 6.10 Å². The fourth-order valence-electron chi connectivity index (χ4n) is 2.48. The second-order valence-corrected chi connectivity index (χ2v) is 5.36. The Morgan fingerprint density at radius 3 is 2.13 bits per heavy atom. The van der Waals surface area contributed by atoms with Crippen LogP contribution >= 0.6 is 0 Å². The monoisotopic (exact) mass is 213 g/mol. The number of nitrogens with zero attached hydrogens (tertiary/aromatic N) is 1. The normalized spacial score (nSPS) is 22.4. The molecule has 0 amide bonds. The Kier molecular flexibility index (Phi) is 5.07. The van der Waals surface area contributed by atoms with Crippen LogP contribution in [-0.2, 0) is 0 Å². The lowest BCUT2D eigenvalue weighted by atomic mass is 9.91. The summed E-state index contributed by atoms with van der Waals surface area (Å²) in [6.45, 7) is 8.85. The maximum absolute atomic E-state index is 10.2. The van der Waals surface area contributed by atoms with Crippen molar-refractivity contribution in [3.63, 3.8) is 0 Å². The Morgan fingerprint density at radius 1 is 1.13 bits per heavy atom. The molecule has 90 valence electrons. The number of hydrogen-bond acceptors (Lipinski definition) is 2. The Labute approximate surface area is 94.7 Å². The third-order valence-electron chi connectivity index (χ3n) is 3.80. The summed E-state index contributed by atoms with van der Waals surface area (Å²) < 4.78 is 0. The van der Waals surface area contributed by atoms with Crippen LogP contribution in [0.3, 0.4) is 0 Å². The molecule has 1 rings (SSSR count). The van der Waals surface area contributed by atoms with Crippen molar-refractivity contribution in [2.45, 2.75) is 70.9 Å². The molecular weight excluding hydrogens is 186 g/mol. The zero-order chi connectivity index (χ0) is 11.3. The van der Waals surface area contributed by atoms with Crippen LogP contribution in [0.4, 0.5) is 0 Å². The average molecular weight is 213 g/mol. The van der Waals surface area contributed by atoms with Crippen LogP contribution in [0.5, 0.6) is 0 Å². The predicted octanol–water partition coefficient (Wildman–Crippen LogP) is 2.80. The van der Waals surface area contributed by atoms with Gasteiger partial charge in [0.15, 0.2) is 0 Å². The van der Waals surface area contributed by atoms with E-state index >= 15 is 0 Å². The van der Waals surface area contributed by atoms with Gasteiger partial charge in [0.2, 0.25) is 0 Å². The molecule has 0 bridgehead atoms. The van der Waals surface area contributed by atoms with Crippen LogP contribution in [0, 0.1) is 0 Å². The minimum absolute atomic E-state index is 0.0413. The third-order valence-corrected chi connectivity index (χ3v) is 3.80. The third kappa shape index (κ3) is 3.46. The molecule has 2 heteroatoms. The van der Waals surface area contributed by atoms with E-state index < -0.39 is 0 Å². The second kappa shape index (κ2) is 5.86. The van der Waals surface area contributed by atoms with Crippen molar-refractivity contribution < 1.29 is 5.11 Å². The van der Waals surface area contributed by atoms with Gasteiger partial charge in [-0.15, -0.1) is 0 Å². The zero-order valence-corrected chi connectivity index (χ0v) is 10.6. The lowest BCUT2D eigenvalue weighted by Gasteiger charge is -2.41. The van der Waals surface area contributed by atoms with Crippen molar-refractivity contribution in [2.75, 3.05) is 13.1 Å². The average Bonchev–Trinajstić information content (AvgIpc) is 2.46. The van der Waals surface area contributed by atoms with Crippen molar-refractivity contribution in [3.8, 4) is 0 Å². The van der Waals surface area contributed by atoms with Crippen LogP contribution in [0.2, 0.25) is 0 Å². The van der Waals surface area contributed by atoms with Gasteiger partial charge >= 0.3 is 0 Å².